The maximum Gasteiger partial charge on any atom is 0.209 e. The van der Waals surface area contributed by atoms with Gasteiger partial charge in [-0.15, -0.1) is 0 Å². The van der Waals surface area contributed by atoms with Crippen LogP contribution in [0.5, 0.6) is 0 Å². The third kappa shape index (κ3) is 3.53. The van der Waals surface area contributed by atoms with E-state index in [2.05, 4.69) is 4.98 Å². The minimum absolute atomic E-state index is 0.160. The molecule has 0 bridgehead atoms. The maximum absolute atomic E-state index is 13.4. The number of H-pyrrole nitrogens is 1. The number of anilines is 1. The molecule has 0 aliphatic heterocycles. The summed E-state index contributed by atoms with van der Waals surface area (Å²) in [7, 11) is 0. The number of aromatic amines is 1. The molecule has 30 heavy (non-hydrogen) atoms. The average Bonchev–Trinajstić information content (AvgIpc) is 3.11. The van der Waals surface area contributed by atoms with Gasteiger partial charge in [0.05, 0.1) is 11.3 Å². The SMILES string of the molecule is Cc1ccccc1-c1c(C(=O)c2ccccc2)[nH]c(N)c1C(=O)c1ccc(Cl)cc1. The van der Waals surface area contributed by atoms with Crippen LogP contribution >= 0.6 is 11.6 Å². The van der Waals surface area contributed by atoms with Crippen LogP contribution in [0.25, 0.3) is 11.1 Å². The number of nitrogens with one attached hydrogen (secondary N) is 1. The molecular formula is C25H19ClN2O2. The molecule has 4 rings (SSSR count). The van der Waals surface area contributed by atoms with Crippen LogP contribution in [0, 0.1) is 6.92 Å². The van der Waals surface area contributed by atoms with Crippen molar-refractivity contribution in [1.82, 2.24) is 4.98 Å². The predicted octanol–water partition coefficient (Wildman–Crippen LogP) is 5.69. The number of hydrogen-bond donors (Lipinski definition) is 2. The van der Waals surface area contributed by atoms with Gasteiger partial charge in [0.15, 0.2) is 5.78 Å². The quantitative estimate of drug-likeness (QED) is 0.412. The number of nitrogen functional groups attached to an aromatic ring is 1. The second kappa shape index (κ2) is 8.01. The van der Waals surface area contributed by atoms with E-state index in [-0.39, 0.29) is 22.9 Å². The summed E-state index contributed by atoms with van der Waals surface area (Å²) >= 11 is 5.97. The van der Waals surface area contributed by atoms with Crippen molar-refractivity contribution in [3.8, 4) is 11.1 Å². The monoisotopic (exact) mass is 414 g/mol. The first-order valence-corrected chi connectivity index (χ1v) is 9.82. The van der Waals surface area contributed by atoms with E-state index in [0.29, 0.717) is 27.4 Å². The van der Waals surface area contributed by atoms with E-state index in [4.69, 9.17) is 17.3 Å². The topological polar surface area (TPSA) is 75.9 Å². The molecule has 0 saturated heterocycles. The van der Waals surface area contributed by atoms with Crippen molar-refractivity contribution < 1.29 is 9.59 Å². The summed E-state index contributed by atoms with van der Waals surface area (Å²) in [5, 5.41) is 0.535. The summed E-state index contributed by atoms with van der Waals surface area (Å²) in [5.41, 5.74) is 10.0. The number of halogens is 1. The van der Waals surface area contributed by atoms with Gasteiger partial charge in [0.2, 0.25) is 5.78 Å². The molecule has 0 radical (unpaired) electrons. The Morgan fingerprint density at radius 2 is 1.40 bits per heavy atom. The second-order valence-corrected chi connectivity index (χ2v) is 7.45. The van der Waals surface area contributed by atoms with Gasteiger partial charge in [-0.25, -0.2) is 0 Å². The van der Waals surface area contributed by atoms with E-state index in [1.54, 1.807) is 48.5 Å². The Labute approximate surface area is 179 Å². The summed E-state index contributed by atoms with van der Waals surface area (Å²) in [6, 6.07) is 23.1. The number of benzene rings is 3. The molecule has 0 aliphatic carbocycles. The molecule has 1 heterocycles. The lowest BCUT2D eigenvalue weighted by Crippen LogP contribution is -2.07. The van der Waals surface area contributed by atoms with Crippen LogP contribution in [-0.2, 0) is 0 Å². The molecule has 0 spiro atoms. The Balaban J connectivity index is 1.96. The van der Waals surface area contributed by atoms with E-state index in [1.165, 1.54) is 0 Å². The number of nitrogens with two attached hydrogens (primary N) is 1. The lowest BCUT2D eigenvalue weighted by molar-refractivity contribution is 0.103. The first-order chi connectivity index (χ1) is 14.5. The van der Waals surface area contributed by atoms with Gasteiger partial charge < -0.3 is 10.7 Å². The number of rotatable bonds is 5. The number of ketones is 2. The summed E-state index contributed by atoms with van der Waals surface area (Å²) < 4.78 is 0. The normalized spacial score (nSPS) is 10.7. The van der Waals surface area contributed by atoms with Gasteiger partial charge in [-0.05, 0) is 42.3 Å². The Morgan fingerprint density at radius 3 is 2.07 bits per heavy atom. The summed E-state index contributed by atoms with van der Waals surface area (Å²) in [5.74, 6) is -0.339. The fourth-order valence-corrected chi connectivity index (χ4v) is 3.65. The zero-order valence-corrected chi connectivity index (χ0v) is 17.0. The van der Waals surface area contributed by atoms with E-state index in [1.807, 2.05) is 37.3 Å². The molecule has 4 nitrogen and oxygen atoms in total. The van der Waals surface area contributed by atoms with Crippen molar-refractivity contribution in [2.45, 2.75) is 6.92 Å². The number of aromatic nitrogens is 1. The summed E-state index contributed by atoms with van der Waals surface area (Å²) in [6.45, 7) is 1.94. The zero-order valence-electron chi connectivity index (χ0n) is 16.3. The molecular weight excluding hydrogens is 396 g/mol. The Morgan fingerprint density at radius 1 is 0.800 bits per heavy atom. The number of carbonyl (C=O) groups is 2. The van der Waals surface area contributed by atoms with Gasteiger partial charge in [-0.3, -0.25) is 9.59 Å². The first-order valence-electron chi connectivity index (χ1n) is 9.45. The summed E-state index contributed by atoms with van der Waals surface area (Å²) in [4.78, 5) is 29.7. The van der Waals surface area contributed by atoms with Crippen LogP contribution < -0.4 is 5.73 Å². The molecule has 4 aromatic rings. The third-order valence-electron chi connectivity index (χ3n) is 5.04. The second-order valence-electron chi connectivity index (χ2n) is 7.01. The van der Waals surface area contributed by atoms with Gasteiger partial charge in [0.1, 0.15) is 5.82 Å². The highest BCUT2D eigenvalue weighted by Crippen LogP contribution is 2.36. The van der Waals surface area contributed by atoms with Crippen molar-refractivity contribution in [2.75, 3.05) is 5.73 Å². The van der Waals surface area contributed by atoms with Crippen LogP contribution in [-0.4, -0.2) is 16.6 Å². The highest BCUT2D eigenvalue weighted by molar-refractivity contribution is 6.30. The maximum atomic E-state index is 13.4. The average molecular weight is 415 g/mol. The Bertz CT molecular complexity index is 1240. The van der Waals surface area contributed by atoms with E-state index in [9.17, 15) is 9.59 Å². The molecule has 0 fully saturated rings. The molecule has 1 aromatic heterocycles. The molecule has 148 valence electrons. The summed E-state index contributed by atoms with van der Waals surface area (Å²) in [6.07, 6.45) is 0. The van der Waals surface area contributed by atoms with E-state index < -0.39 is 0 Å². The molecule has 0 unspecified atom stereocenters. The van der Waals surface area contributed by atoms with Crippen LogP contribution in [0.4, 0.5) is 5.82 Å². The van der Waals surface area contributed by atoms with Gasteiger partial charge in [-0.1, -0.05) is 66.2 Å². The molecule has 0 saturated carbocycles. The van der Waals surface area contributed by atoms with Gasteiger partial charge in [0, 0.05) is 21.7 Å². The minimum atomic E-state index is -0.272. The van der Waals surface area contributed by atoms with E-state index >= 15 is 0 Å². The van der Waals surface area contributed by atoms with Crippen LogP contribution in [0.1, 0.15) is 37.5 Å². The standard InChI is InChI=1S/C25H19ClN2O2/c1-15-7-5-6-10-19(15)20-21(23(29)17-11-13-18(26)14-12-17)25(27)28-22(20)24(30)16-8-3-2-4-9-16/h2-14,28H,27H2,1H3. The van der Waals surface area contributed by atoms with Crippen LogP contribution in [0.3, 0.4) is 0 Å². The first kappa shape index (κ1) is 19.7. The van der Waals surface area contributed by atoms with Crippen LogP contribution in [0.15, 0.2) is 78.9 Å². The molecule has 5 heteroatoms. The van der Waals surface area contributed by atoms with Gasteiger partial charge in [0.25, 0.3) is 0 Å². The lowest BCUT2D eigenvalue weighted by Gasteiger charge is -2.10. The largest absolute Gasteiger partial charge is 0.385 e. The van der Waals surface area contributed by atoms with Crippen molar-refractivity contribution in [3.05, 3.63) is 112 Å². The zero-order chi connectivity index (χ0) is 21.3. The fourth-order valence-electron chi connectivity index (χ4n) is 3.53. The highest BCUT2D eigenvalue weighted by atomic mass is 35.5. The van der Waals surface area contributed by atoms with Crippen molar-refractivity contribution in [3.63, 3.8) is 0 Å². The molecule has 0 atom stereocenters. The molecule has 0 aliphatic rings. The van der Waals surface area contributed by atoms with Crippen molar-refractivity contribution in [1.29, 1.82) is 0 Å². The number of aryl methyl sites for hydroxylation is 1. The third-order valence-corrected chi connectivity index (χ3v) is 5.29. The lowest BCUT2D eigenvalue weighted by atomic mass is 9.91. The molecule has 0 amide bonds. The molecule has 3 aromatic carbocycles. The van der Waals surface area contributed by atoms with Crippen molar-refractivity contribution >= 4 is 29.0 Å². The number of hydrogen-bond acceptors (Lipinski definition) is 3. The molecule has 3 N–H and O–H groups in total. The smallest absolute Gasteiger partial charge is 0.209 e. The Kier molecular flexibility index (Phi) is 5.25. The van der Waals surface area contributed by atoms with Gasteiger partial charge in [-0.2, -0.15) is 0 Å². The van der Waals surface area contributed by atoms with Gasteiger partial charge >= 0.3 is 0 Å². The predicted molar refractivity (Wildman–Crippen MR) is 120 cm³/mol. The van der Waals surface area contributed by atoms with Crippen LogP contribution in [0.2, 0.25) is 5.02 Å². The minimum Gasteiger partial charge on any atom is -0.385 e. The van der Waals surface area contributed by atoms with Crippen molar-refractivity contribution in [2.24, 2.45) is 0 Å². The highest BCUT2D eigenvalue weighted by Gasteiger charge is 2.28. The Hall–Kier alpha value is -3.63. The number of carbonyl (C=O) groups excluding carboxylic acids is 2. The van der Waals surface area contributed by atoms with E-state index in [0.717, 1.165) is 11.1 Å². The fraction of sp³-hybridized carbons (Fsp3) is 0.0400.